The van der Waals surface area contributed by atoms with Gasteiger partial charge in [-0.1, -0.05) is 11.8 Å². The van der Waals surface area contributed by atoms with Crippen LogP contribution in [0, 0.1) is 6.92 Å². The van der Waals surface area contributed by atoms with Gasteiger partial charge in [0.2, 0.25) is 5.91 Å². The summed E-state index contributed by atoms with van der Waals surface area (Å²) in [5.41, 5.74) is 6.52. The Balaban J connectivity index is 1.70. The van der Waals surface area contributed by atoms with Crippen molar-refractivity contribution in [3.8, 4) is 0 Å². The number of aryl methyl sites for hydroxylation is 2. The summed E-state index contributed by atoms with van der Waals surface area (Å²) in [7, 11) is 1.88. The van der Waals surface area contributed by atoms with Crippen molar-refractivity contribution in [2.75, 3.05) is 18.0 Å². The largest absolute Gasteiger partial charge is 0.384 e. The molecule has 0 aliphatic heterocycles. The van der Waals surface area contributed by atoms with Crippen molar-refractivity contribution in [2.24, 2.45) is 7.05 Å². The summed E-state index contributed by atoms with van der Waals surface area (Å²) in [5.74, 6) is 1.11. The van der Waals surface area contributed by atoms with Crippen LogP contribution in [-0.4, -0.2) is 42.7 Å². The van der Waals surface area contributed by atoms with E-state index in [2.05, 4.69) is 20.6 Å². The van der Waals surface area contributed by atoms with Crippen LogP contribution in [0.2, 0.25) is 0 Å². The molecular formula is C11H17N7OS. The molecule has 0 aromatic carbocycles. The number of carbonyl (C=O) groups excluding carboxylic acids is 1. The normalized spacial score (nSPS) is 10.7. The molecule has 2 aromatic heterocycles. The molecule has 2 heterocycles. The molecule has 108 valence electrons. The van der Waals surface area contributed by atoms with Crippen LogP contribution in [0.1, 0.15) is 5.69 Å². The zero-order valence-electron chi connectivity index (χ0n) is 11.4. The fraction of sp³-hybridized carbons (Fsp3) is 0.455. The van der Waals surface area contributed by atoms with Crippen LogP contribution < -0.4 is 11.1 Å². The molecule has 3 N–H and O–H groups in total. The van der Waals surface area contributed by atoms with Crippen molar-refractivity contribution in [1.82, 2.24) is 29.9 Å². The van der Waals surface area contributed by atoms with E-state index < -0.39 is 0 Å². The van der Waals surface area contributed by atoms with E-state index in [0.717, 1.165) is 16.6 Å². The Morgan fingerprint density at radius 1 is 1.55 bits per heavy atom. The van der Waals surface area contributed by atoms with Crippen molar-refractivity contribution in [1.29, 1.82) is 0 Å². The number of carbonyl (C=O) groups is 1. The molecule has 0 radical (unpaired) electrons. The van der Waals surface area contributed by atoms with Crippen LogP contribution in [0.25, 0.3) is 0 Å². The maximum atomic E-state index is 11.7. The molecule has 0 saturated carbocycles. The topological polar surface area (TPSA) is 104 Å². The van der Waals surface area contributed by atoms with E-state index in [-0.39, 0.29) is 12.5 Å². The molecule has 0 saturated heterocycles. The molecule has 8 nitrogen and oxygen atoms in total. The summed E-state index contributed by atoms with van der Waals surface area (Å²) in [6.07, 6.45) is 1.64. The highest BCUT2D eigenvalue weighted by atomic mass is 32.2. The number of nitrogens with two attached hydrogens (primary N) is 1. The maximum absolute atomic E-state index is 11.7. The SMILES string of the molecule is Cc1cc(N)n(CC(=O)NCCSc2nncn2C)n1. The summed E-state index contributed by atoms with van der Waals surface area (Å²) in [5, 5.41) is 15.5. The van der Waals surface area contributed by atoms with Crippen LogP contribution in [0.5, 0.6) is 0 Å². The number of nitrogens with one attached hydrogen (secondary N) is 1. The van der Waals surface area contributed by atoms with E-state index in [1.54, 1.807) is 12.4 Å². The lowest BCUT2D eigenvalue weighted by Gasteiger charge is -2.06. The van der Waals surface area contributed by atoms with Gasteiger partial charge in [0.15, 0.2) is 5.16 Å². The Kier molecular flexibility index (Phi) is 4.61. The minimum absolute atomic E-state index is 0.113. The minimum atomic E-state index is -0.113. The van der Waals surface area contributed by atoms with Crippen LogP contribution in [-0.2, 0) is 18.4 Å². The fourth-order valence-corrected chi connectivity index (χ4v) is 2.36. The summed E-state index contributed by atoms with van der Waals surface area (Å²) in [6, 6.07) is 1.73. The van der Waals surface area contributed by atoms with Crippen molar-refractivity contribution in [3.05, 3.63) is 18.1 Å². The Labute approximate surface area is 120 Å². The van der Waals surface area contributed by atoms with Gasteiger partial charge in [-0.05, 0) is 6.92 Å². The molecule has 0 bridgehead atoms. The first-order valence-corrected chi connectivity index (χ1v) is 7.08. The van der Waals surface area contributed by atoms with Crippen molar-refractivity contribution < 1.29 is 4.79 Å². The third kappa shape index (κ3) is 3.73. The molecule has 0 fully saturated rings. The molecule has 0 aliphatic carbocycles. The number of amides is 1. The highest BCUT2D eigenvalue weighted by molar-refractivity contribution is 7.99. The van der Waals surface area contributed by atoms with Crippen molar-refractivity contribution >= 4 is 23.5 Å². The highest BCUT2D eigenvalue weighted by Gasteiger charge is 2.07. The van der Waals surface area contributed by atoms with Crippen molar-refractivity contribution in [3.63, 3.8) is 0 Å². The second-order valence-electron chi connectivity index (χ2n) is 4.29. The molecule has 2 rings (SSSR count). The van der Waals surface area contributed by atoms with Crippen molar-refractivity contribution in [2.45, 2.75) is 18.6 Å². The number of nitrogen functional groups attached to an aromatic ring is 1. The Morgan fingerprint density at radius 3 is 2.95 bits per heavy atom. The molecule has 0 unspecified atom stereocenters. The van der Waals surface area contributed by atoms with E-state index >= 15 is 0 Å². The first kappa shape index (κ1) is 14.4. The van der Waals surface area contributed by atoms with Crippen LogP contribution >= 0.6 is 11.8 Å². The molecule has 1 amide bonds. The van der Waals surface area contributed by atoms with Crippen LogP contribution in [0.3, 0.4) is 0 Å². The Bertz CT molecular complexity index is 591. The summed E-state index contributed by atoms with van der Waals surface area (Å²) < 4.78 is 3.32. The minimum Gasteiger partial charge on any atom is -0.384 e. The predicted molar refractivity (Wildman–Crippen MR) is 76.1 cm³/mol. The average molecular weight is 295 g/mol. The van der Waals surface area contributed by atoms with Crippen LogP contribution in [0.15, 0.2) is 17.6 Å². The van der Waals surface area contributed by atoms with E-state index in [0.29, 0.717) is 12.4 Å². The zero-order chi connectivity index (χ0) is 14.5. The van der Waals surface area contributed by atoms with Gasteiger partial charge in [0.25, 0.3) is 0 Å². The second-order valence-corrected chi connectivity index (χ2v) is 5.35. The molecule has 0 atom stereocenters. The first-order valence-electron chi connectivity index (χ1n) is 6.09. The van der Waals surface area contributed by atoms with E-state index in [1.165, 1.54) is 16.4 Å². The van der Waals surface area contributed by atoms with Crippen LogP contribution in [0.4, 0.5) is 5.82 Å². The number of nitrogens with zero attached hydrogens (tertiary/aromatic N) is 5. The lowest BCUT2D eigenvalue weighted by molar-refractivity contribution is -0.121. The number of aromatic nitrogens is 5. The molecule has 2 aromatic rings. The predicted octanol–water partition coefficient (Wildman–Crippen LogP) is -0.189. The average Bonchev–Trinajstić information content (AvgIpc) is 2.92. The van der Waals surface area contributed by atoms with Gasteiger partial charge in [0.05, 0.1) is 5.69 Å². The Morgan fingerprint density at radius 2 is 2.35 bits per heavy atom. The van der Waals surface area contributed by atoms with Gasteiger partial charge in [-0.2, -0.15) is 5.10 Å². The maximum Gasteiger partial charge on any atom is 0.241 e. The third-order valence-corrected chi connectivity index (χ3v) is 3.59. The zero-order valence-corrected chi connectivity index (χ0v) is 12.2. The number of hydrogen-bond donors (Lipinski definition) is 2. The van der Waals surface area contributed by atoms with Gasteiger partial charge in [-0.15, -0.1) is 10.2 Å². The molecule has 9 heteroatoms. The number of thioether (sulfide) groups is 1. The monoisotopic (exact) mass is 295 g/mol. The first-order chi connectivity index (χ1) is 9.56. The number of anilines is 1. The van der Waals surface area contributed by atoms with Gasteiger partial charge < -0.3 is 15.6 Å². The fourth-order valence-electron chi connectivity index (χ4n) is 1.62. The molecule has 20 heavy (non-hydrogen) atoms. The molecule has 0 aliphatic rings. The Hall–Kier alpha value is -2.03. The van der Waals surface area contributed by atoms with Gasteiger partial charge in [0, 0.05) is 25.4 Å². The molecular weight excluding hydrogens is 278 g/mol. The second kappa shape index (κ2) is 6.42. The quantitative estimate of drug-likeness (QED) is 0.565. The molecule has 0 spiro atoms. The van der Waals surface area contributed by atoms with Gasteiger partial charge in [-0.3, -0.25) is 4.79 Å². The third-order valence-electron chi connectivity index (χ3n) is 2.55. The smallest absolute Gasteiger partial charge is 0.241 e. The summed E-state index contributed by atoms with van der Waals surface area (Å²) in [4.78, 5) is 11.7. The summed E-state index contributed by atoms with van der Waals surface area (Å²) in [6.45, 7) is 2.52. The lowest BCUT2D eigenvalue weighted by atomic mass is 10.5. The van der Waals surface area contributed by atoms with E-state index in [4.69, 9.17) is 5.73 Å². The lowest BCUT2D eigenvalue weighted by Crippen LogP contribution is -2.30. The van der Waals surface area contributed by atoms with Gasteiger partial charge in [0.1, 0.15) is 18.7 Å². The van der Waals surface area contributed by atoms with Gasteiger partial charge >= 0.3 is 0 Å². The van der Waals surface area contributed by atoms with E-state index in [9.17, 15) is 4.79 Å². The highest BCUT2D eigenvalue weighted by Crippen LogP contribution is 2.11. The standard InChI is InChI=1S/C11H17N7OS/c1-8-5-9(12)18(16-8)6-10(19)13-3-4-20-11-15-14-7-17(11)2/h5,7H,3-4,6,12H2,1-2H3,(H,13,19). The summed E-state index contributed by atoms with van der Waals surface area (Å²) >= 11 is 1.54. The van der Waals surface area contributed by atoms with E-state index in [1.807, 2.05) is 18.5 Å². The number of hydrogen-bond acceptors (Lipinski definition) is 6. The number of rotatable bonds is 6. The van der Waals surface area contributed by atoms with Gasteiger partial charge in [-0.25, -0.2) is 4.68 Å².